The second-order valence-electron chi connectivity index (χ2n) is 4.88. The molecule has 23 heavy (non-hydrogen) atoms. The molecule has 0 aliphatic heterocycles. The number of carbonyl (C=O) groups is 1. The monoisotopic (exact) mass is 331 g/mol. The van der Waals surface area contributed by atoms with Crippen LogP contribution in [0.2, 0.25) is 0 Å². The van der Waals surface area contributed by atoms with Gasteiger partial charge in [0.1, 0.15) is 11.5 Å². The summed E-state index contributed by atoms with van der Waals surface area (Å²) in [5, 5.41) is 2.85. The number of hydrogen-bond acceptors (Lipinski definition) is 4. The molecule has 2 aromatic rings. The van der Waals surface area contributed by atoms with E-state index >= 15 is 0 Å². The minimum Gasteiger partial charge on any atom is -0.494 e. The summed E-state index contributed by atoms with van der Waals surface area (Å²) in [7, 11) is 0. The van der Waals surface area contributed by atoms with Gasteiger partial charge in [-0.05, 0) is 68.6 Å². The second-order valence-corrected chi connectivity index (χ2v) is 5.76. The highest BCUT2D eigenvalue weighted by molar-refractivity contribution is 7.98. The van der Waals surface area contributed by atoms with Gasteiger partial charge in [-0.2, -0.15) is 0 Å². The van der Waals surface area contributed by atoms with Crippen molar-refractivity contribution in [1.29, 1.82) is 0 Å². The standard InChI is InChI=1S/C18H21NO3S/c1-4-21-15-7-9-16(10-8-15)22-13(2)18(20)19-14-5-11-17(23-3)12-6-14/h5-13H,4H2,1-3H3,(H,19,20)/t13-/m0/s1. The SMILES string of the molecule is CCOc1ccc(O[C@@H](C)C(=O)Nc2ccc(SC)cc2)cc1. The minimum atomic E-state index is -0.590. The van der Waals surface area contributed by atoms with Gasteiger partial charge in [0, 0.05) is 10.6 Å². The van der Waals surface area contributed by atoms with E-state index in [0.717, 1.165) is 16.3 Å². The first-order chi connectivity index (χ1) is 11.1. The van der Waals surface area contributed by atoms with Crippen LogP contribution in [0.15, 0.2) is 53.4 Å². The van der Waals surface area contributed by atoms with E-state index in [9.17, 15) is 4.79 Å². The highest BCUT2D eigenvalue weighted by Crippen LogP contribution is 2.20. The normalized spacial score (nSPS) is 11.6. The van der Waals surface area contributed by atoms with E-state index in [1.54, 1.807) is 30.8 Å². The molecule has 0 aliphatic rings. The van der Waals surface area contributed by atoms with E-state index in [-0.39, 0.29) is 5.91 Å². The first kappa shape index (κ1) is 17.2. The van der Waals surface area contributed by atoms with Crippen molar-refractivity contribution in [3.63, 3.8) is 0 Å². The number of carbonyl (C=O) groups excluding carboxylic acids is 1. The number of benzene rings is 2. The van der Waals surface area contributed by atoms with Crippen LogP contribution in [0.25, 0.3) is 0 Å². The van der Waals surface area contributed by atoms with Crippen LogP contribution in [0.4, 0.5) is 5.69 Å². The Kier molecular flexibility index (Phi) is 6.35. The van der Waals surface area contributed by atoms with Crippen molar-refractivity contribution in [3.05, 3.63) is 48.5 Å². The van der Waals surface area contributed by atoms with Crippen LogP contribution in [-0.2, 0) is 4.79 Å². The summed E-state index contributed by atoms with van der Waals surface area (Å²) in [5.74, 6) is 1.23. The zero-order valence-electron chi connectivity index (χ0n) is 13.5. The van der Waals surface area contributed by atoms with Crippen molar-refractivity contribution in [2.75, 3.05) is 18.2 Å². The molecule has 1 atom stereocenters. The molecule has 122 valence electrons. The maximum atomic E-state index is 12.2. The number of amides is 1. The number of nitrogens with one attached hydrogen (secondary N) is 1. The molecule has 4 nitrogen and oxygen atoms in total. The third-order valence-electron chi connectivity index (χ3n) is 3.17. The molecule has 1 amide bonds. The summed E-state index contributed by atoms with van der Waals surface area (Å²) in [5.41, 5.74) is 0.759. The van der Waals surface area contributed by atoms with E-state index < -0.39 is 6.10 Å². The first-order valence-corrected chi connectivity index (χ1v) is 8.69. The summed E-state index contributed by atoms with van der Waals surface area (Å²) < 4.78 is 11.0. The lowest BCUT2D eigenvalue weighted by molar-refractivity contribution is -0.122. The Morgan fingerprint density at radius 1 is 1.09 bits per heavy atom. The van der Waals surface area contributed by atoms with Crippen LogP contribution in [0.1, 0.15) is 13.8 Å². The molecule has 0 saturated heterocycles. The second kappa shape index (κ2) is 8.48. The van der Waals surface area contributed by atoms with Crippen LogP contribution < -0.4 is 14.8 Å². The third-order valence-corrected chi connectivity index (χ3v) is 3.92. The number of anilines is 1. The van der Waals surface area contributed by atoms with Gasteiger partial charge in [0.2, 0.25) is 0 Å². The van der Waals surface area contributed by atoms with Crippen molar-refractivity contribution >= 4 is 23.4 Å². The lowest BCUT2D eigenvalue weighted by Gasteiger charge is -2.15. The van der Waals surface area contributed by atoms with E-state index in [2.05, 4.69) is 5.32 Å². The van der Waals surface area contributed by atoms with E-state index in [1.807, 2.05) is 49.6 Å². The maximum absolute atomic E-state index is 12.2. The van der Waals surface area contributed by atoms with Crippen LogP contribution in [0.3, 0.4) is 0 Å². The number of ether oxygens (including phenoxy) is 2. The Hall–Kier alpha value is -2.14. The Labute approximate surface area is 141 Å². The number of thioether (sulfide) groups is 1. The molecule has 0 radical (unpaired) electrons. The van der Waals surface area contributed by atoms with E-state index in [1.165, 1.54) is 0 Å². The highest BCUT2D eigenvalue weighted by Gasteiger charge is 2.14. The zero-order chi connectivity index (χ0) is 16.7. The molecule has 0 unspecified atom stereocenters. The quantitative estimate of drug-likeness (QED) is 0.772. The van der Waals surface area contributed by atoms with Crippen molar-refractivity contribution in [2.45, 2.75) is 24.8 Å². The first-order valence-electron chi connectivity index (χ1n) is 7.46. The highest BCUT2D eigenvalue weighted by atomic mass is 32.2. The topological polar surface area (TPSA) is 47.6 Å². The van der Waals surface area contributed by atoms with Crippen molar-refractivity contribution in [2.24, 2.45) is 0 Å². The van der Waals surface area contributed by atoms with Crippen LogP contribution in [-0.4, -0.2) is 24.9 Å². The molecule has 0 spiro atoms. The fraction of sp³-hybridized carbons (Fsp3) is 0.278. The fourth-order valence-corrected chi connectivity index (χ4v) is 2.37. The number of hydrogen-bond donors (Lipinski definition) is 1. The summed E-state index contributed by atoms with van der Waals surface area (Å²) in [6, 6.07) is 14.9. The van der Waals surface area contributed by atoms with Gasteiger partial charge in [0.05, 0.1) is 6.61 Å². The summed E-state index contributed by atoms with van der Waals surface area (Å²) in [6.45, 7) is 4.28. The molecule has 5 heteroatoms. The molecule has 0 bridgehead atoms. The largest absolute Gasteiger partial charge is 0.494 e. The molecule has 2 rings (SSSR count). The van der Waals surface area contributed by atoms with E-state index in [0.29, 0.717) is 12.4 Å². The van der Waals surface area contributed by atoms with Crippen molar-refractivity contribution in [1.82, 2.24) is 0 Å². The summed E-state index contributed by atoms with van der Waals surface area (Å²) in [4.78, 5) is 13.3. The van der Waals surface area contributed by atoms with Crippen LogP contribution in [0, 0.1) is 0 Å². The van der Waals surface area contributed by atoms with Gasteiger partial charge in [-0.3, -0.25) is 4.79 Å². The molecular formula is C18H21NO3S. The molecule has 2 aromatic carbocycles. The lowest BCUT2D eigenvalue weighted by atomic mass is 10.3. The smallest absolute Gasteiger partial charge is 0.265 e. The van der Waals surface area contributed by atoms with Gasteiger partial charge in [0.25, 0.3) is 5.91 Å². The lowest BCUT2D eigenvalue weighted by Crippen LogP contribution is -2.30. The van der Waals surface area contributed by atoms with Crippen LogP contribution >= 0.6 is 11.8 Å². The predicted molar refractivity (Wildman–Crippen MR) is 94.6 cm³/mol. The van der Waals surface area contributed by atoms with Gasteiger partial charge in [-0.25, -0.2) is 0 Å². The van der Waals surface area contributed by atoms with Crippen molar-refractivity contribution in [3.8, 4) is 11.5 Å². The molecule has 0 heterocycles. The minimum absolute atomic E-state index is 0.184. The Morgan fingerprint density at radius 2 is 1.70 bits per heavy atom. The molecule has 0 fully saturated rings. The maximum Gasteiger partial charge on any atom is 0.265 e. The average molecular weight is 331 g/mol. The fourth-order valence-electron chi connectivity index (χ4n) is 1.96. The Morgan fingerprint density at radius 3 is 2.26 bits per heavy atom. The zero-order valence-corrected chi connectivity index (χ0v) is 14.4. The molecule has 0 aliphatic carbocycles. The van der Waals surface area contributed by atoms with Gasteiger partial charge in [-0.1, -0.05) is 0 Å². The van der Waals surface area contributed by atoms with Crippen LogP contribution in [0.5, 0.6) is 11.5 Å². The van der Waals surface area contributed by atoms with Gasteiger partial charge in [-0.15, -0.1) is 11.8 Å². The molecule has 0 aromatic heterocycles. The average Bonchev–Trinajstić information content (AvgIpc) is 2.57. The summed E-state index contributed by atoms with van der Waals surface area (Å²) in [6.07, 6.45) is 1.42. The molecule has 0 saturated carbocycles. The predicted octanol–water partition coefficient (Wildman–Crippen LogP) is 4.21. The molecular weight excluding hydrogens is 310 g/mol. The van der Waals surface area contributed by atoms with E-state index in [4.69, 9.17) is 9.47 Å². The van der Waals surface area contributed by atoms with Crippen molar-refractivity contribution < 1.29 is 14.3 Å². The van der Waals surface area contributed by atoms with Gasteiger partial charge < -0.3 is 14.8 Å². The molecule has 1 N–H and O–H groups in total. The Bertz CT molecular complexity index is 626. The van der Waals surface area contributed by atoms with Gasteiger partial charge >= 0.3 is 0 Å². The van der Waals surface area contributed by atoms with Gasteiger partial charge in [0.15, 0.2) is 6.10 Å². The summed E-state index contributed by atoms with van der Waals surface area (Å²) >= 11 is 1.66. The number of rotatable bonds is 7. The third kappa shape index (κ3) is 5.21. The Balaban J connectivity index is 1.90.